The summed E-state index contributed by atoms with van der Waals surface area (Å²) in [7, 11) is 0. The summed E-state index contributed by atoms with van der Waals surface area (Å²) in [4.78, 5) is 22.6. The maximum absolute atomic E-state index is 12.9. The fraction of sp³-hybridized carbons (Fsp3) is 0.188. The quantitative estimate of drug-likeness (QED) is 0.268. The lowest BCUT2D eigenvalue weighted by Crippen LogP contribution is -2.21. The number of Topliss-reactive ketones (excluding diaryl/α,β-unsaturated/α-hetero) is 1. The number of para-hydroxylation sites is 1. The Morgan fingerprint density at radius 1 is 1.11 bits per heavy atom. The number of hydrogen-bond acceptors (Lipinski definition) is 6. The summed E-state index contributed by atoms with van der Waals surface area (Å²) < 4.78 is 0. The van der Waals surface area contributed by atoms with Gasteiger partial charge < -0.3 is 5.11 Å². The zero-order chi connectivity index (χ0) is 26.0. The summed E-state index contributed by atoms with van der Waals surface area (Å²) in [6.45, 7) is 4.45. The Labute approximate surface area is 229 Å². The molecule has 0 saturated heterocycles. The number of thiophene rings is 2. The standard InChI is InChI=1S/C32H26N2O2S2/c1-32(2)26-16-21(15-23-28(35)24-17-37-18-25(24)29(23)36)38-30(26)22-13-14-27(33-31(22)32)34(19-9-5-3-6-10-19)20-11-7-4-8-12-20/h3-7,9-11,13-18,28,35H,8,12H2,1-2H3/b23-15+. The summed E-state index contributed by atoms with van der Waals surface area (Å²) in [6.07, 6.45) is 9.53. The number of rotatable bonds is 4. The molecule has 4 aromatic rings. The molecule has 38 heavy (non-hydrogen) atoms. The van der Waals surface area contributed by atoms with Crippen LogP contribution in [0.4, 0.5) is 11.5 Å². The van der Waals surface area contributed by atoms with Crippen LogP contribution in [0, 0.1) is 0 Å². The van der Waals surface area contributed by atoms with Gasteiger partial charge in [0.2, 0.25) is 0 Å². The molecule has 0 bridgehead atoms. The van der Waals surface area contributed by atoms with Gasteiger partial charge in [0.1, 0.15) is 11.9 Å². The number of carbonyl (C=O) groups is 1. The van der Waals surface area contributed by atoms with Gasteiger partial charge in [0.05, 0.1) is 5.69 Å². The van der Waals surface area contributed by atoms with E-state index in [2.05, 4.69) is 79.4 Å². The number of carbonyl (C=O) groups excluding carboxylic acids is 1. The molecule has 0 saturated carbocycles. The monoisotopic (exact) mass is 534 g/mol. The predicted octanol–water partition coefficient (Wildman–Crippen LogP) is 8.20. The number of fused-ring (bicyclic) bond motifs is 4. The Morgan fingerprint density at radius 3 is 2.71 bits per heavy atom. The van der Waals surface area contributed by atoms with E-state index in [4.69, 9.17) is 4.98 Å². The molecule has 3 aliphatic carbocycles. The number of anilines is 2. The van der Waals surface area contributed by atoms with Gasteiger partial charge in [-0.15, -0.1) is 11.3 Å². The normalized spacial score (nSPS) is 19.9. The molecule has 1 N–H and O–H groups in total. The van der Waals surface area contributed by atoms with Crippen molar-refractivity contribution in [1.82, 2.24) is 4.98 Å². The van der Waals surface area contributed by atoms with Gasteiger partial charge in [-0.1, -0.05) is 44.2 Å². The van der Waals surface area contributed by atoms with E-state index in [1.165, 1.54) is 27.5 Å². The Kier molecular flexibility index (Phi) is 5.41. The molecule has 1 atom stereocenters. The van der Waals surface area contributed by atoms with Gasteiger partial charge in [-0.25, -0.2) is 4.98 Å². The van der Waals surface area contributed by atoms with E-state index in [-0.39, 0.29) is 11.2 Å². The van der Waals surface area contributed by atoms with Crippen molar-refractivity contribution >= 4 is 46.0 Å². The first-order valence-electron chi connectivity index (χ1n) is 12.8. The number of allylic oxidation sites excluding steroid dienone is 4. The second-order valence-electron chi connectivity index (χ2n) is 10.5. The number of hydrogen-bond donors (Lipinski definition) is 1. The van der Waals surface area contributed by atoms with Crippen LogP contribution in [0.25, 0.3) is 16.5 Å². The van der Waals surface area contributed by atoms with Crippen molar-refractivity contribution in [2.24, 2.45) is 0 Å². The van der Waals surface area contributed by atoms with E-state index in [0.29, 0.717) is 11.1 Å². The lowest BCUT2D eigenvalue weighted by Gasteiger charge is -2.29. The summed E-state index contributed by atoms with van der Waals surface area (Å²) in [5.41, 5.74) is 7.31. The zero-order valence-corrected chi connectivity index (χ0v) is 22.8. The average molecular weight is 535 g/mol. The SMILES string of the molecule is CC1(C)c2cc(/C=C3/C(=O)c4cscc4C3O)sc2-c2ccc(N(C3=CC=CCC3)c3ccccc3)nc21. The second kappa shape index (κ2) is 8.73. The van der Waals surface area contributed by atoms with E-state index < -0.39 is 6.10 Å². The highest BCUT2D eigenvalue weighted by molar-refractivity contribution is 7.16. The summed E-state index contributed by atoms with van der Waals surface area (Å²) >= 11 is 3.12. The molecule has 0 fully saturated rings. The lowest BCUT2D eigenvalue weighted by molar-refractivity contribution is 0.102. The maximum atomic E-state index is 12.9. The largest absolute Gasteiger partial charge is 0.383 e. The van der Waals surface area contributed by atoms with Gasteiger partial charge in [0.25, 0.3) is 0 Å². The number of benzene rings is 1. The fourth-order valence-corrected chi connectivity index (χ4v) is 7.90. The fourth-order valence-electron chi connectivity index (χ4n) is 5.75. The van der Waals surface area contributed by atoms with Crippen LogP contribution in [-0.2, 0) is 5.41 Å². The van der Waals surface area contributed by atoms with E-state index in [1.54, 1.807) is 11.3 Å². The summed E-state index contributed by atoms with van der Waals surface area (Å²) in [5, 5.41) is 14.5. The second-order valence-corrected chi connectivity index (χ2v) is 12.3. The third-order valence-corrected chi connectivity index (χ3v) is 9.63. The van der Waals surface area contributed by atoms with Crippen LogP contribution in [0.5, 0.6) is 0 Å². The molecular weight excluding hydrogens is 508 g/mol. The molecule has 4 nitrogen and oxygen atoms in total. The number of ketones is 1. The highest BCUT2D eigenvalue weighted by Crippen LogP contribution is 2.53. The Balaban J connectivity index is 1.29. The third kappa shape index (κ3) is 3.52. The molecule has 0 spiro atoms. The number of aromatic nitrogens is 1. The predicted molar refractivity (Wildman–Crippen MR) is 156 cm³/mol. The van der Waals surface area contributed by atoms with Gasteiger partial charge in [-0.2, -0.15) is 11.3 Å². The topological polar surface area (TPSA) is 53.4 Å². The molecule has 1 aromatic carbocycles. The number of aliphatic hydroxyl groups excluding tert-OH is 1. The van der Waals surface area contributed by atoms with Crippen molar-refractivity contribution in [1.29, 1.82) is 0 Å². The molecule has 7 rings (SSSR count). The van der Waals surface area contributed by atoms with Crippen LogP contribution in [0.3, 0.4) is 0 Å². The smallest absolute Gasteiger partial charge is 0.193 e. The Morgan fingerprint density at radius 2 is 1.95 bits per heavy atom. The first kappa shape index (κ1) is 23.5. The van der Waals surface area contributed by atoms with Crippen LogP contribution >= 0.6 is 22.7 Å². The zero-order valence-electron chi connectivity index (χ0n) is 21.1. The van der Waals surface area contributed by atoms with Gasteiger partial charge in [0, 0.05) is 54.2 Å². The number of aliphatic hydroxyl groups is 1. The first-order valence-corrected chi connectivity index (χ1v) is 14.6. The highest BCUT2D eigenvalue weighted by Gasteiger charge is 2.40. The van der Waals surface area contributed by atoms with E-state index >= 15 is 0 Å². The molecule has 0 amide bonds. The molecular formula is C32H26N2O2S2. The molecule has 3 aromatic heterocycles. The van der Waals surface area contributed by atoms with Crippen LogP contribution in [0.1, 0.15) is 64.8 Å². The maximum Gasteiger partial charge on any atom is 0.193 e. The van der Waals surface area contributed by atoms with Gasteiger partial charge in [-0.05, 0) is 66.3 Å². The number of pyridine rings is 1. The summed E-state index contributed by atoms with van der Waals surface area (Å²) in [6, 6.07) is 16.9. The van der Waals surface area contributed by atoms with Crippen molar-refractivity contribution in [3.63, 3.8) is 0 Å². The summed E-state index contributed by atoms with van der Waals surface area (Å²) in [5.74, 6) is 0.855. The van der Waals surface area contributed by atoms with Crippen LogP contribution < -0.4 is 4.90 Å². The molecule has 0 aliphatic heterocycles. The van der Waals surface area contributed by atoms with E-state index in [1.807, 2.05) is 22.9 Å². The van der Waals surface area contributed by atoms with Crippen molar-refractivity contribution in [2.45, 2.75) is 38.2 Å². The van der Waals surface area contributed by atoms with E-state index in [0.717, 1.165) is 46.0 Å². The van der Waals surface area contributed by atoms with Gasteiger partial charge in [-0.3, -0.25) is 9.69 Å². The number of nitrogens with zero attached hydrogens (tertiary/aromatic N) is 2. The van der Waals surface area contributed by atoms with Crippen molar-refractivity contribution in [3.05, 3.63) is 116 Å². The van der Waals surface area contributed by atoms with Crippen molar-refractivity contribution < 1.29 is 9.90 Å². The third-order valence-electron chi connectivity index (χ3n) is 7.75. The van der Waals surface area contributed by atoms with Crippen LogP contribution in [0.15, 0.2) is 88.8 Å². The van der Waals surface area contributed by atoms with Crippen molar-refractivity contribution in [3.8, 4) is 10.4 Å². The first-order chi connectivity index (χ1) is 18.4. The average Bonchev–Trinajstić information content (AvgIpc) is 3.68. The highest BCUT2D eigenvalue weighted by atomic mass is 32.1. The molecule has 6 heteroatoms. The molecule has 188 valence electrons. The molecule has 3 aliphatic rings. The van der Waals surface area contributed by atoms with Gasteiger partial charge >= 0.3 is 0 Å². The van der Waals surface area contributed by atoms with Crippen LogP contribution in [-0.4, -0.2) is 15.9 Å². The van der Waals surface area contributed by atoms with E-state index in [9.17, 15) is 9.90 Å². The van der Waals surface area contributed by atoms with Gasteiger partial charge in [0.15, 0.2) is 5.78 Å². The minimum absolute atomic E-state index is 0.0684. The molecule has 0 radical (unpaired) electrons. The van der Waals surface area contributed by atoms with Crippen LogP contribution in [0.2, 0.25) is 0 Å². The lowest BCUT2D eigenvalue weighted by atomic mass is 9.86. The minimum Gasteiger partial charge on any atom is -0.383 e. The Bertz CT molecular complexity index is 1690. The minimum atomic E-state index is -0.849. The molecule has 1 unspecified atom stereocenters. The Hall–Kier alpha value is -3.58. The molecule has 3 heterocycles. The van der Waals surface area contributed by atoms with Crippen molar-refractivity contribution in [2.75, 3.05) is 4.90 Å².